The minimum atomic E-state index is -3.19. The van der Waals surface area contributed by atoms with Gasteiger partial charge in [0.25, 0.3) is 0 Å². The van der Waals surface area contributed by atoms with Gasteiger partial charge in [0.15, 0.2) is 11.5 Å². The second-order valence-electron chi connectivity index (χ2n) is 8.69. The van der Waals surface area contributed by atoms with Gasteiger partial charge in [-0.2, -0.15) is 0 Å². The van der Waals surface area contributed by atoms with Crippen molar-refractivity contribution in [3.05, 3.63) is 48.2 Å². The van der Waals surface area contributed by atoms with Crippen LogP contribution in [0.25, 0.3) is 21.9 Å². The SMILES string of the molecule is Cc1cccc2cc(C(C)Nc3ncnc4nc[nH]c34)nc(OC3CCN(S(C)(=O)=O)CC3)c12. The predicted octanol–water partition coefficient (Wildman–Crippen LogP) is 3.19. The first-order valence-corrected chi connectivity index (χ1v) is 13.1. The smallest absolute Gasteiger partial charge is 0.222 e. The van der Waals surface area contributed by atoms with Gasteiger partial charge >= 0.3 is 0 Å². The van der Waals surface area contributed by atoms with E-state index in [0.717, 1.165) is 27.5 Å². The van der Waals surface area contributed by atoms with Crippen molar-refractivity contribution in [3.63, 3.8) is 0 Å². The number of hydrogen-bond donors (Lipinski definition) is 2. The summed E-state index contributed by atoms with van der Waals surface area (Å²) in [6.45, 7) is 4.96. The maximum absolute atomic E-state index is 11.9. The molecule has 0 saturated carbocycles. The third-order valence-electron chi connectivity index (χ3n) is 6.22. The van der Waals surface area contributed by atoms with Crippen LogP contribution in [0.2, 0.25) is 0 Å². The number of nitrogens with zero attached hydrogens (tertiary/aromatic N) is 5. The van der Waals surface area contributed by atoms with Gasteiger partial charge in [0, 0.05) is 18.5 Å². The van der Waals surface area contributed by atoms with E-state index in [1.807, 2.05) is 26.0 Å². The van der Waals surface area contributed by atoms with Crippen LogP contribution in [-0.2, 0) is 10.0 Å². The Morgan fingerprint density at radius 2 is 2.00 bits per heavy atom. The average Bonchev–Trinajstić information content (AvgIpc) is 3.29. The molecule has 1 aliphatic rings. The molecule has 0 amide bonds. The number of benzene rings is 1. The summed E-state index contributed by atoms with van der Waals surface area (Å²) < 4.78 is 31.6. The zero-order valence-electron chi connectivity index (χ0n) is 19.3. The van der Waals surface area contributed by atoms with Gasteiger partial charge in [-0.3, -0.25) is 0 Å². The number of aromatic amines is 1. The van der Waals surface area contributed by atoms with Crippen LogP contribution in [-0.4, -0.2) is 63.1 Å². The second-order valence-corrected chi connectivity index (χ2v) is 10.7. The number of nitrogens with one attached hydrogen (secondary N) is 2. The molecule has 0 radical (unpaired) electrons. The fourth-order valence-corrected chi connectivity index (χ4v) is 5.24. The molecule has 10 nitrogen and oxygen atoms in total. The molecule has 11 heteroatoms. The minimum absolute atomic E-state index is 0.0988. The topological polar surface area (TPSA) is 126 Å². The highest BCUT2D eigenvalue weighted by Gasteiger charge is 2.27. The Hall–Kier alpha value is -3.31. The summed E-state index contributed by atoms with van der Waals surface area (Å²) in [6.07, 6.45) is 5.47. The Kier molecular flexibility index (Phi) is 5.82. The summed E-state index contributed by atoms with van der Waals surface area (Å²) in [6, 6.07) is 8.01. The average molecular weight is 482 g/mol. The van der Waals surface area contributed by atoms with Crippen LogP contribution in [0.3, 0.4) is 0 Å². The molecule has 1 saturated heterocycles. The lowest BCUT2D eigenvalue weighted by Crippen LogP contribution is -2.41. The van der Waals surface area contributed by atoms with Crippen LogP contribution in [0.15, 0.2) is 36.9 Å². The van der Waals surface area contributed by atoms with Gasteiger partial charge in [-0.25, -0.2) is 32.7 Å². The molecule has 0 aliphatic carbocycles. The number of rotatable bonds is 6. The Labute approximate surface area is 197 Å². The first kappa shape index (κ1) is 22.5. The largest absolute Gasteiger partial charge is 0.474 e. The van der Waals surface area contributed by atoms with Crippen molar-refractivity contribution in [2.45, 2.75) is 38.8 Å². The van der Waals surface area contributed by atoms with E-state index in [-0.39, 0.29) is 12.1 Å². The van der Waals surface area contributed by atoms with E-state index in [1.165, 1.54) is 16.9 Å². The number of imidazole rings is 1. The summed E-state index contributed by atoms with van der Waals surface area (Å²) in [4.78, 5) is 20.7. The molecule has 34 heavy (non-hydrogen) atoms. The first-order valence-electron chi connectivity index (χ1n) is 11.2. The van der Waals surface area contributed by atoms with Crippen molar-refractivity contribution < 1.29 is 13.2 Å². The molecular weight excluding hydrogens is 454 g/mol. The van der Waals surface area contributed by atoms with Crippen molar-refractivity contribution >= 4 is 37.8 Å². The standard InChI is InChI=1S/C23H27N7O3S/c1-14-5-4-6-16-11-18(15(2)28-22-20-21(25-12-24-20)26-13-27-22)29-23(19(14)16)33-17-7-9-30(10-8-17)34(3,31)32/h4-6,11-13,15,17H,7-10H2,1-3H3,(H2,24,25,26,27,28). The number of hydrogen-bond acceptors (Lipinski definition) is 8. The van der Waals surface area contributed by atoms with Crippen LogP contribution in [0, 0.1) is 6.92 Å². The van der Waals surface area contributed by atoms with Crippen LogP contribution in [0.1, 0.15) is 37.1 Å². The van der Waals surface area contributed by atoms with Gasteiger partial charge in [0.2, 0.25) is 15.9 Å². The van der Waals surface area contributed by atoms with E-state index in [9.17, 15) is 8.42 Å². The highest BCUT2D eigenvalue weighted by molar-refractivity contribution is 7.88. The molecule has 4 heterocycles. The third kappa shape index (κ3) is 4.40. The van der Waals surface area contributed by atoms with Crippen molar-refractivity contribution in [1.29, 1.82) is 0 Å². The fraction of sp³-hybridized carbons (Fsp3) is 0.391. The monoisotopic (exact) mass is 481 g/mol. The molecule has 1 aliphatic heterocycles. The summed E-state index contributed by atoms with van der Waals surface area (Å²) in [7, 11) is -3.19. The molecule has 2 N–H and O–H groups in total. The number of fused-ring (bicyclic) bond motifs is 2. The normalized spacial score (nSPS) is 16.7. The molecule has 0 spiro atoms. The van der Waals surface area contributed by atoms with Gasteiger partial charge in [-0.05, 0) is 43.7 Å². The van der Waals surface area contributed by atoms with E-state index in [4.69, 9.17) is 9.72 Å². The van der Waals surface area contributed by atoms with E-state index in [0.29, 0.717) is 43.3 Å². The van der Waals surface area contributed by atoms with Crippen LogP contribution in [0.5, 0.6) is 5.88 Å². The number of pyridine rings is 1. The number of anilines is 1. The molecule has 5 rings (SSSR count). The lowest BCUT2D eigenvalue weighted by Gasteiger charge is -2.30. The Bertz CT molecular complexity index is 1450. The zero-order valence-corrected chi connectivity index (χ0v) is 20.1. The van der Waals surface area contributed by atoms with Crippen molar-refractivity contribution in [2.24, 2.45) is 0 Å². The highest BCUT2D eigenvalue weighted by Crippen LogP contribution is 2.32. The van der Waals surface area contributed by atoms with Crippen LogP contribution in [0.4, 0.5) is 5.82 Å². The van der Waals surface area contributed by atoms with E-state index in [2.05, 4.69) is 37.4 Å². The summed E-state index contributed by atoms with van der Waals surface area (Å²) >= 11 is 0. The first-order chi connectivity index (χ1) is 16.3. The number of sulfonamides is 1. The Balaban J connectivity index is 1.44. The molecule has 0 bridgehead atoms. The van der Waals surface area contributed by atoms with Crippen molar-refractivity contribution in [3.8, 4) is 5.88 Å². The number of H-pyrrole nitrogens is 1. The predicted molar refractivity (Wildman–Crippen MR) is 130 cm³/mol. The maximum Gasteiger partial charge on any atom is 0.222 e. The molecule has 4 aromatic rings. The molecule has 178 valence electrons. The number of aromatic nitrogens is 5. The van der Waals surface area contributed by atoms with E-state index >= 15 is 0 Å². The van der Waals surface area contributed by atoms with Gasteiger partial charge in [-0.1, -0.05) is 18.2 Å². The molecular formula is C23H27N7O3S. The third-order valence-corrected chi connectivity index (χ3v) is 7.52. The van der Waals surface area contributed by atoms with Crippen LogP contribution < -0.4 is 10.1 Å². The molecule has 1 aromatic carbocycles. The molecule has 3 aromatic heterocycles. The van der Waals surface area contributed by atoms with Gasteiger partial charge < -0.3 is 15.0 Å². The summed E-state index contributed by atoms with van der Waals surface area (Å²) in [5.41, 5.74) is 3.22. The van der Waals surface area contributed by atoms with Crippen molar-refractivity contribution in [1.82, 2.24) is 29.2 Å². The van der Waals surface area contributed by atoms with E-state index < -0.39 is 10.0 Å². The highest BCUT2D eigenvalue weighted by atomic mass is 32.2. The Morgan fingerprint density at radius 3 is 2.76 bits per heavy atom. The van der Waals surface area contributed by atoms with Gasteiger partial charge in [-0.15, -0.1) is 0 Å². The lowest BCUT2D eigenvalue weighted by molar-refractivity contribution is 0.131. The lowest BCUT2D eigenvalue weighted by atomic mass is 10.0. The molecule has 1 atom stereocenters. The molecule has 1 fully saturated rings. The maximum atomic E-state index is 11.9. The van der Waals surface area contributed by atoms with E-state index in [1.54, 1.807) is 6.33 Å². The number of piperidine rings is 1. The number of aryl methyl sites for hydroxylation is 1. The second kappa shape index (κ2) is 8.80. The fourth-order valence-electron chi connectivity index (χ4n) is 4.37. The van der Waals surface area contributed by atoms with Crippen molar-refractivity contribution in [2.75, 3.05) is 24.7 Å². The van der Waals surface area contributed by atoms with Crippen LogP contribution >= 0.6 is 0 Å². The van der Waals surface area contributed by atoms with Gasteiger partial charge in [0.05, 0.1) is 24.3 Å². The summed E-state index contributed by atoms with van der Waals surface area (Å²) in [5.74, 6) is 1.23. The Morgan fingerprint density at radius 1 is 1.21 bits per heavy atom. The quantitative estimate of drug-likeness (QED) is 0.430. The number of ether oxygens (including phenoxy) is 1. The zero-order chi connectivity index (χ0) is 23.9. The van der Waals surface area contributed by atoms with Gasteiger partial charge in [0.1, 0.15) is 17.9 Å². The molecule has 1 unspecified atom stereocenters. The minimum Gasteiger partial charge on any atom is -0.474 e. The summed E-state index contributed by atoms with van der Waals surface area (Å²) in [5, 5.41) is 5.42.